The smallest absolute Gasteiger partial charge is 0.253 e. The van der Waals surface area contributed by atoms with E-state index in [0.717, 1.165) is 5.56 Å². The van der Waals surface area contributed by atoms with Crippen LogP contribution in [0.4, 0.5) is 0 Å². The number of carbonyl (C=O) groups is 2. The van der Waals surface area contributed by atoms with Crippen LogP contribution in [0, 0.1) is 5.92 Å². The Morgan fingerprint density at radius 2 is 1.93 bits per heavy atom. The van der Waals surface area contributed by atoms with Crippen LogP contribution in [0.1, 0.15) is 29.8 Å². The van der Waals surface area contributed by atoms with Gasteiger partial charge in [0.2, 0.25) is 11.8 Å². The van der Waals surface area contributed by atoms with Crippen LogP contribution >= 0.6 is 23.2 Å². The minimum Gasteiger partial charge on any atom is -0.481 e. The lowest BCUT2D eigenvalue weighted by Gasteiger charge is -2.22. The van der Waals surface area contributed by atoms with Crippen LogP contribution in [0.3, 0.4) is 0 Å². The van der Waals surface area contributed by atoms with Crippen LogP contribution in [0.25, 0.3) is 0 Å². The summed E-state index contributed by atoms with van der Waals surface area (Å²) in [7, 11) is 1.53. The topological polar surface area (TPSA) is 80.3 Å². The molecule has 144 valence electrons. The second kappa shape index (κ2) is 9.58. The molecule has 2 aromatic rings. The van der Waals surface area contributed by atoms with Crippen molar-refractivity contribution < 1.29 is 14.3 Å². The third-order valence-corrected chi connectivity index (χ3v) is 4.43. The quantitative estimate of drug-likeness (QED) is 0.733. The summed E-state index contributed by atoms with van der Waals surface area (Å²) in [6.45, 7) is 3.99. The fraction of sp³-hybridized carbons (Fsp3) is 0.316. The molecule has 0 unspecified atom stereocenters. The van der Waals surface area contributed by atoms with Crippen molar-refractivity contribution in [2.24, 2.45) is 5.92 Å². The van der Waals surface area contributed by atoms with E-state index in [1.165, 1.54) is 19.2 Å². The van der Waals surface area contributed by atoms with Crippen LogP contribution in [0.15, 0.2) is 36.5 Å². The molecule has 0 saturated carbocycles. The molecule has 0 aliphatic heterocycles. The van der Waals surface area contributed by atoms with Crippen LogP contribution in [0.2, 0.25) is 10.0 Å². The van der Waals surface area contributed by atoms with E-state index in [-0.39, 0.29) is 29.0 Å². The average molecular weight is 410 g/mol. The Hall–Kier alpha value is -2.31. The number of halogens is 2. The third-order valence-electron chi connectivity index (χ3n) is 3.88. The highest BCUT2D eigenvalue weighted by Crippen LogP contribution is 2.21. The van der Waals surface area contributed by atoms with Gasteiger partial charge in [-0.05, 0) is 29.7 Å². The maximum atomic E-state index is 12.6. The van der Waals surface area contributed by atoms with E-state index in [2.05, 4.69) is 15.6 Å². The summed E-state index contributed by atoms with van der Waals surface area (Å²) in [6.07, 6.45) is 1.62. The first kappa shape index (κ1) is 21.0. The Balaban J connectivity index is 2.02. The first-order valence-corrected chi connectivity index (χ1v) is 9.10. The van der Waals surface area contributed by atoms with Gasteiger partial charge in [-0.1, -0.05) is 43.1 Å². The van der Waals surface area contributed by atoms with Gasteiger partial charge < -0.3 is 15.4 Å². The van der Waals surface area contributed by atoms with Crippen molar-refractivity contribution in [2.75, 3.05) is 7.11 Å². The van der Waals surface area contributed by atoms with E-state index in [0.29, 0.717) is 10.9 Å². The predicted octanol–water partition coefficient (Wildman–Crippen LogP) is 3.47. The van der Waals surface area contributed by atoms with Gasteiger partial charge in [-0.3, -0.25) is 9.59 Å². The average Bonchev–Trinajstić information content (AvgIpc) is 2.64. The van der Waals surface area contributed by atoms with Gasteiger partial charge in [0.05, 0.1) is 17.7 Å². The molecule has 2 rings (SSSR count). The highest BCUT2D eigenvalue weighted by atomic mass is 35.5. The molecule has 27 heavy (non-hydrogen) atoms. The molecule has 0 saturated heterocycles. The highest BCUT2D eigenvalue weighted by Gasteiger charge is 2.25. The van der Waals surface area contributed by atoms with E-state index in [9.17, 15) is 9.59 Å². The molecule has 1 aromatic carbocycles. The summed E-state index contributed by atoms with van der Waals surface area (Å²) in [5.41, 5.74) is 1.08. The second-order valence-electron chi connectivity index (χ2n) is 6.25. The molecule has 1 heterocycles. The molecule has 2 N–H and O–H groups in total. The summed E-state index contributed by atoms with van der Waals surface area (Å²) in [5.74, 6) is -0.345. The van der Waals surface area contributed by atoms with Crippen LogP contribution in [-0.2, 0) is 11.3 Å². The zero-order valence-electron chi connectivity index (χ0n) is 15.3. The first-order chi connectivity index (χ1) is 12.8. The molecule has 8 heteroatoms. The number of nitrogens with one attached hydrogen (secondary N) is 2. The van der Waals surface area contributed by atoms with Crippen molar-refractivity contribution in [3.05, 3.63) is 57.7 Å². The highest BCUT2D eigenvalue weighted by molar-refractivity contribution is 6.36. The molecule has 0 fully saturated rings. The van der Waals surface area contributed by atoms with Crippen molar-refractivity contribution in [1.82, 2.24) is 15.6 Å². The summed E-state index contributed by atoms with van der Waals surface area (Å²) >= 11 is 11.9. The number of amides is 2. The molecular weight excluding hydrogens is 389 g/mol. The number of methoxy groups -OCH3 is 1. The summed E-state index contributed by atoms with van der Waals surface area (Å²) in [6, 6.07) is 7.39. The number of pyridine rings is 1. The molecule has 0 radical (unpaired) electrons. The van der Waals surface area contributed by atoms with Gasteiger partial charge in [0.1, 0.15) is 6.04 Å². The zero-order chi connectivity index (χ0) is 20.0. The lowest BCUT2D eigenvalue weighted by atomic mass is 10.0. The Morgan fingerprint density at radius 3 is 2.48 bits per heavy atom. The van der Waals surface area contributed by atoms with Gasteiger partial charge in [0.15, 0.2) is 0 Å². The Morgan fingerprint density at radius 1 is 1.19 bits per heavy atom. The first-order valence-electron chi connectivity index (χ1n) is 8.34. The standard InChI is InChI=1S/C19H21Cl2N3O3/c1-11(2)17(24-18(25)14-6-5-13(20)8-15(14)21)19(26)23-10-12-4-7-16(27-3)22-9-12/h4-9,11,17H,10H2,1-3H3,(H,23,26)(H,24,25)/t17-/m0/s1. The number of aromatic nitrogens is 1. The largest absolute Gasteiger partial charge is 0.481 e. The minimum absolute atomic E-state index is 0.117. The van der Waals surface area contributed by atoms with Gasteiger partial charge in [0, 0.05) is 23.8 Å². The number of benzene rings is 1. The molecule has 0 aliphatic rings. The zero-order valence-corrected chi connectivity index (χ0v) is 16.8. The fourth-order valence-corrected chi connectivity index (χ4v) is 2.86. The molecule has 1 atom stereocenters. The lowest BCUT2D eigenvalue weighted by Crippen LogP contribution is -2.49. The summed E-state index contributed by atoms with van der Waals surface area (Å²) in [5, 5.41) is 6.21. The van der Waals surface area contributed by atoms with Crippen molar-refractivity contribution >= 4 is 35.0 Å². The van der Waals surface area contributed by atoms with E-state index in [1.54, 1.807) is 18.3 Å². The SMILES string of the molecule is COc1ccc(CNC(=O)[C@@H](NC(=O)c2ccc(Cl)cc2Cl)C(C)C)cn1. The Bertz CT molecular complexity index is 810. The van der Waals surface area contributed by atoms with Crippen LogP contribution in [0.5, 0.6) is 5.88 Å². The molecule has 0 bridgehead atoms. The van der Waals surface area contributed by atoms with Crippen molar-refractivity contribution in [3.63, 3.8) is 0 Å². The number of carbonyl (C=O) groups excluding carboxylic acids is 2. The van der Waals surface area contributed by atoms with Crippen LogP contribution in [-0.4, -0.2) is 29.9 Å². The van der Waals surface area contributed by atoms with Crippen molar-refractivity contribution in [1.29, 1.82) is 0 Å². The number of nitrogens with zero attached hydrogens (tertiary/aromatic N) is 1. The van der Waals surface area contributed by atoms with Gasteiger partial charge in [-0.25, -0.2) is 4.98 Å². The number of hydrogen-bond donors (Lipinski definition) is 2. The van der Waals surface area contributed by atoms with E-state index in [4.69, 9.17) is 27.9 Å². The van der Waals surface area contributed by atoms with Crippen LogP contribution < -0.4 is 15.4 Å². The predicted molar refractivity (Wildman–Crippen MR) is 105 cm³/mol. The van der Waals surface area contributed by atoms with Crippen molar-refractivity contribution in [2.45, 2.75) is 26.4 Å². The van der Waals surface area contributed by atoms with E-state index < -0.39 is 11.9 Å². The van der Waals surface area contributed by atoms with Gasteiger partial charge in [-0.2, -0.15) is 0 Å². The molecule has 1 aromatic heterocycles. The summed E-state index contributed by atoms with van der Waals surface area (Å²) < 4.78 is 5.00. The van der Waals surface area contributed by atoms with E-state index >= 15 is 0 Å². The van der Waals surface area contributed by atoms with Gasteiger partial charge in [0.25, 0.3) is 5.91 Å². The normalized spacial score (nSPS) is 11.8. The Kier molecular flexibility index (Phi) is 7.45. The number of hydrogen-bond acceptors (Lipinski definition) is 4. The van der Waals surface area contributed by atoms with Crippen molar-refractivity contribution in [3.8, 4) is 5.88 Å². The minimum atomic E-state index is -0.713. The Labute approximate surface area is 168 Å². The number of ether oxygens (including phenoxy) is 1. The maximum absolute atomic E-state index is 12.6. The maximum Gasteiger partial charge on any atom is 0.253 e. The monoisotopic (exact) mass is 409 g/mol. The molecule has 0 spiro atoms. The summed E-state index contributed by atoms with van der Waals surface area (Å²) in [4.78, 5) is 29.2. The second-order valence-corrected chi connectivity index (χ2v) is 7.09. The molecule has 2 amide bonds. The molecular formula is C19H21Cl2N3O3. The fourth-order valence-electron chi connectivity index (χ4n) is 2.36. The van der Waals surface area contributed by atoms with Gasteiger partial charge >= 0.3 is 0 Å². The van der Waals surface area contributed by atoms with Gasteiger partial charge in [-0.15, -0.1) is 0 Å². The molecule has 6 nitrogen and oxygen atoms in total. The molecule has 0 aliphatic carbocycles. The third kappa shape index (κ3) is 5.84. The van der Waals surface area contributed by atoms with E-state index in [1.807, 2.05) is 19.9 Å². The lowest BCUT2D eigenvalue weighted by molar-refractivity contribution is -0.124. The number of rotatable bonds is 7.